The number of anilines is 1. The Morgan fingerprint density at radius 3 is 2.90 bits per heavy atom. The minimum atomic E-state index is -0.373. The Morgan fingerprint density at radius 1 is 1.30 bits per heavy atom. The molecule has 7 nitrogen and oxygen atoms in total. The van der Waals surface area contributed by atoms with Gasteiger partial charge in [0.05, 0.1) is 19.6 Å². The highest BCUT2D eigenvalue weighted by molar-refractivity contribution is 5.92. The van der Waals surface area contributed by atoms with Crippen LogP contribution in [0.1, 0.15) is 18.7 Å². The normalized spacial score (nSPS) is 16.9. The van der Waals surface area contributed by atoms with Crippen molar-refractivity contribution >= 4 is 11.6 Å². The van der Waals surface area contributed by atoms with Crippen molar-refractivity contribution in [3.05, 3.63) is 60.2 Å². The van der Waals surface area contributed by atoms with Crippen molar-refractivity contribution in [3.8, 4) is 17.1 Å². The molecule has 1 unspecified atom stereocenters. The van der Waals surface area contributed by atoms with Crippen LogP contribution in [0.5, 0.6) is 5.75 Å². The molecule has 1 aliphatic heterocycles. The molecule has 1 amide bonds. The van der Waals surface area contributed by atoms with E-state index in [1.54, 1.807) is 19.2 Å². The van der Waals surface area contributed by atoms with Crippen molar-refractivity contribution in [1.82, 2.24) is 15.0 Å². The van der Waals surface area contributed by atoms with E-state index in [0.717, 1.165) is 30.7 Å². The van der Waals surface area contributed by atoms with E-state index in [0.29, 0.717) is 30.5 Å². The van der Waals surface area contributed by atoms with Gasteiger partial charge in [-0.3, -0.25) is 9.69 Å². The van der Waals surface area contributed by atoms with Gasteiger partial charge < -0.3 is 14.6 Å². The zero-order valence-electron chi connectivity index (χ0n) is 16.7. The van der Waals surface area contributed by atoms with Gasteiger partial charge in [-0.1, -0.05) is 11.2 Å². The Bertz CT molecular complexity index is 1010. The summed E-state index contributed by atoms with van der Waals surface area (Å²) in [4.78, 5) is 19.2. The lowest BCUT2D eigenvalue weighted by molar-refractivity contribution is -0.121. The highest BCUT2D eigenvalue weighted by Crippen LogP contribution is 2.23. The Labute approximate surface area is 173 Å². The maximum Gasteiger partial charge on any atom is 0.241 e. The van der Waals surface area contributed by atoms with Crippen LogP contribution in [0.25, 0.3) is 11.4 Å². The molecule has 1 N–H and O–H groups in total. The summed E-state index contributed by atoms with van der Waals surface area (Å²) in [5.41, 5.74) is 1.31. The molecular weight excluding hydrogens is 387 g/mol. The lowest BCUT2D eigenvalue weighted by Crippen LogP contribution is -2.40. The average molecular weight is 410 g/mol. The second kappa shape index (κ2) is 9.04. The molecule has 1 fully saturated rings. The van der Waals surface area contributed by atoms with Crippen LogP contribution in [0.2, 0.25) is 0 Å². The van der Waals surface area contributed by atoms with Gasteiger partial charge in [-0.15, -0.1) is 0 Å². The number of nitrogens with one attached hydrogen (secondary N) is 1. The third-order valence-electron chi connectivity index (χ3n) is 5.14. The second-order valence-corrected chi connectivity index (χ2v) is 7.31. The minimum Gasteiger partial charge on any atom is -0.497 e. The van der Waals surface area contributed by atoms with Crippen molar-refractivity contribution in [2.24, 2.45) is 5.92 Å². The summed E-state index contributed by atoms with van der Waals surface area (Å²) in [6.45, 7) is 1.91. The predicted molar refractivity (Wildman–Crippen MR) is 109 cm³/mol. The van der Waals surface area contributed by atoms with Crippen LogP contribution in [0.3, 0.4) is 0 Å². The molecular formula is C22H23FN4O3. The van der Waals surface area contributed by atoms with Crippen LogP contribution in [-0.2, 0) is 11.3 Å². The minimum absolute atomic E-state index is 0.102. The van der Waals surface area contributed by atoms with Crippen molar-refractivity contribution in [2.75, 3.05) is 25.5 Å². The van der Waals surface area contributed by atoms with E-state index in [1.807, 2.05) is 24.3 Å². The molecule has 4 rings (SSSR count). The van der Waals surface area contributed by atoms with E-state index in [9.17, 15) is 9.18 Å². The Balaban J connectivity index is 1.36. The van der Waals surface area contributed by atoms with E-state index in [1.165, 1.54) is 12.1 Å². The Kier molecular flexibility index (Phi) is 6.04. The number of aromatic nitrogens is 2. The fourth-order valence-corrected chi connectivity index (χ4v) is 3.59. The summed E-state index contributed by atoms with van der Waals surface area (Å²) in [7, 11) is 1.62. The number of rotatable bonds is 6. The van der Waals surface area contributed by atoms with Crippen LogP contribution in [0.15, 0.2) is 53.1 Å². The Morgan fingerprint density at radius 2 is 2.13 bits per heavy atom. The van der Waals surface area contributed by atoms with Gasteiger partial charge in [-0.2, -0.15) is 4.98 Å². The lowest BCUT2D eigenvalue weighted by atomic mass is 9.97. The maximum atomic E-state index is 13.3. The zero-order valence-corrected chi connectivity index (χ0v) is 16.7. The highest BCUT2D eigenvalue weighted by atomic mass is 19.1. The number of nitrogens with zero attached hydrogens (tertiary/aromatic N) is 3. The van der Waals surface area contributed by atoms with Crippen LogP contribution in [0.4, 0.5) is 10.1 Å². The number of carbonyl (C=O) groups is 1. The number of hydrogen-bond donors (Lipinski definition) is 1. The summed E-state index contributed by atoms with van der Waals surface area (Å²) in [6, 6.07) is 13.4. The zero-order chi connectivity index (χ0) is 20.9. The van der Waals surface area contributed by atoms with Gasteiger partial charge in [0.1, 0.15) is 11.6 Å². The largest absolute Gasteiger partial charge is 0.497 e. The van der Waals surface area contributed by atoms with Crippen LogP contribution >= 0.6 is 0 Å². The first-order valence-corrected chi connectivity index (χ1v) is 9.86. The van der Waals surface area contributed by atoms with Gasteiger partial charge in [0.25, 0.3) is 0 Å². The third-order valence-corrected chi connectivity index (χ3v) is 5.14. The first-order valence-electron chi connectivity index (χ1n) is 9.86. The topological polar surface area (TPSA) is 80.5 Å². The first-order chi connectivity index (χ1) is 14.6. The molecule has 0 bridgehead atoms. The number of benzene rings is 2. The Hall–Kier alpha value is -3.26. The van der Waals surface area contributed by atoms with Crippen molar-refractivity contribution < 1.29 is 18.4 Å². The monoisotopic (exact) mass is 410 g/mol. The van der Waals surface area contributed by atoms with Crippen molar-refractivity contribution in [1.29, 1.82) is 0 Å². The molecule has 1 aliphatic rings. The summed E-state index contributed by atoms with van der Waals surface area (Å²) < 4.78 is 23.9. The molecule has 156 valence electrons. The molecule has 8 heteroatoms. The molecule has 3 aromatic rings. The number of carbonyl (C=O) groups excluding carboxylic acids is 1. The third kappa shape index (κ3) is 4.83. The molecule has 1 saturated heterocycles. The van der Waals surface area contributed by atoms with Gasteiger partial charge >= 0.3 is 0 Å². The van der Waals surface area contributed by atoms with E-state index >= 15 is 0 Å². The van der Waals surface area contributed by atoms with Crippen molar-refractivity contribution in [2.45, 2.75) is 19.4 Å². The van der Waals surface area contributed by atoms with E-state index in [2.05, 4.69) is 20.4 Å². The van der Waals surface area contributed by atoms with Gasteiger partial charge in [0.15, 0.2) is 0 Å². The quantitative estimate of drug-likeness (QED) is 0.667. The number of amides is 1. The summed E-state index contributed by atoms with van der Waals surface area (Å²) in [5.74, 6) is 1.14. The molecule has 30 heavy (non-hydrogen) atoms. The van der Waals surface area contributed by atoms with Gasteiger partial charge in [-0.05, 0) is 61.9 Å². The van der Waals surface area contributed by atoms with Gasteiger partial charge in [0.2, 0.25) is 17.6 Å². The molecule has 2 aromatic carbocycles. The summed E-state index contributed by atoms with van der Waals surface area (Å²) >= 11 is 0. The standard InChI is InChI=1S/C22H23FN4O3/c1-29-19-9-7-15(8-10-19)21-25-20(30-26-21)14-27-11-3-4-16(13-27)22(28)24-18-6-2-5-17(23)12-18/h2,5-10,12,16H,3-4,11,13-14H2,1H3,(H,24,28). The molecule has 0 saturated carbocycles. The average Bonchev–Trinajstić information content (AvgIpc) is 3.22. The van der Waals surface area contributed by atoms with E-state index in [-0.39, 0.29) is 17.6 Å². The second-order valence-electron chi connectivity index (χ2n) is 7.31. The number of likely N-dealkylation sites (tertiary alicyclic amines) is 1. The molecule has 1 aromatic heterocycles. The fourth-order valence-electron chi connectivity index (χ4n) is 3.59. The predicted octanol–water partition coefficient (Wildman–Crippen LogP) is 3.74. The van der Waals surface area contributed by atoms with Gasteiger partial charge in [-0.25, -0.2) is 4.39 Å². The van der Waals surface area contributed by atoms with Crippen LogP contribution < -0.4 is 10.1 Å². The smallest absolute Gasteiger partial charge is 0.241 e. The molecule has 0 radical (unpaired) electrons. The van der Waals surface area contributed by atoms with Crippen LogP contribution in [0, 0.1) is 11.7 Å². The first kappa shape index (κ1) is 20.0. The number of hydrogen-bond acceptors (Lipinski definition) is 6. The van der Waals surface area contributed by atoms with E-state index < -0.39 is 0 Å². The molecule has 0 spiro atoms. The SMILES string of the molecule is COc1ccc(-c2noc(CN3CCCC(C(=O)Nc4cccc(F)c4)C3)n2)cc1. The summed E-state index contributed by atoms with van der Waals surface area (Å²) in [6.07, 6.45) is 1.68. The highest BCUT2D eigenvalue weighted by Gasteiger charge is 2.27. The number of piperidine rings is 1. The maximum absolute atomic E-state index is 13.3. The number of methoxy groups -OCH3 is 1. The van der Waals surface area contributed by atoms with Gasteiger partial charge in [0, 0.05) is 17.8 Å². The van der Waals surface area contributed by atoms with Crippen LogP contribution in [-0.4, -0.2) is 41.1 Å². The number of halogens is 1. The molecule has 0 aliphatic carbocycles. The molecule has 2 heterocycles. The van der Waals surface area contributed by atoms with E-state index in [4.69, 9.17) is 9.26 Å². The number of ether oxygens (including phenoxy) is 1. The summed E-state index contributed by atoms with van der Waals surface area (Å²) in [5, 5.41) is 6.86. The lowest BCUT2D eigenvalue weighted by Gasteiger charge is -2.30. The fraction of sp³-hybridized carbons (Fsp3) is 0.318. The molecule has 1 atom stereocenters. The van der Waals surface area contributed by atoms with Crippen molar-refractivity contribution in [3.63, 3.8) is 0 Å².